The molecule has 1 heterocycles. The molecule has 0 bridgehead atoms. The van der Waals surface area contributed by atoms with E-state index in [2.05, 4.69) is 9.71 Å². The summed E-state index contributed by atoms with van der Waals surface area (Å²) < 4.78 is 54.3. The van der Waals surface area contributed by atoms with Crippen LogP contribution in [0.25, 0.3) is 0 Å². The number of amidine groups is 1. The van der Waals surface area contributed by atoms with Crippen molar-refractivity contribution in [3.8, 4) is 5.75 Å². The number of hydrogen-bond acceptors (Lipinski definition) is 6. The van der Waals surface area contributed by atoms with E-state index in [9.17, 15) is 12.8 Å². The topological polar surface area (TPSA) is 103 Å². The maximum atomic E-state index is 14.1. The molecule has 1 saturated heterocycles. The van der Waals surface area contributed by atoms with Gasteiger partial charge in [-0.2, -0.15) is 0 Å². The first-order chi connectivity index (χ1) is 15.3. The number of ether oxygens (including phenoxy) is 2. The number of nitrogens with one attached hydrogen (secondary N) is 1. The van der Waals surface area contributed by atoms with E-state index in [1.165, 1.54) is 6.07 Å². The van der Waals surface area contributed by atoms with Gasteiger partial charge in [-0.3, -0.25) is 0 Å². The lowest BCUT2D eigenvalue weighted by Gasteiger charge is -2.39. The molecule has 180 valence electrons. The zero-order chi connectivity index (χ0) is 24.4. The molecule has 0 amide bonds. The van der Waals surface area contributed by atoms with E-state index in [1.54, 1.807) is 51.1 Å². The van der Waals surface area contributed by atoms with Crippen molar-refractivity contribution in [3.05, 3.63) is 65.5 Å². The van der Waals surface area contributed by atoms with Crippen LogP contribution in [0.1, 0.15) is 51.8 Å². The third-order valence-corrected chi connectivity index (χ3v) is 7.30. The number of benzene rings is 2. The van der Waals surface area contributed by atoms with Crippen molar-refractivity contribution in [2.75, 3.05) is 6.61 Å². The number of halogens is 1. The van der Waals surface area contributed by atoms with Crippen molar-refractivity contribution in [2.24, 2.45) is 10.7 Å². The van der Waals surface area contributed by atoms with Crippen LogP contribution in [0.15, 0.2) is 53.5 Å². The Kier molecular flexibility index (Phi) is 7.04. The maximum Gasteiger partial charge on any atom is 0.299 e. The second-order valence-electron chi connectivity index (χ2n) is 9.60. The highest BCUT2D eigenvalue weighted by molar-refractivity contribution is 7.90. The van der Waals surface area contributed by atoms with Crippen LogP contribution in [0.5, 0.6) is 5.75 Å². The van der Waals surface area contributed by atoms with Gasteiger partial charge < -0.3 is 15.2 Å². The fourth-order valence-corrected chi connectivity index (χ4v) is 5.26. The van der Waals surface area contributed by atoms with E-state index >= 15 is 0 Å². The van der Waals surface area contributed by atoms with E-state index in [0.29, 0.717) is 17.9 Å². The van der Waals surface area contributed by atoms with E-state index in [-0.39, 0.29) is 12.4 Å². The number of hydrogen-bond donors (Lipinski definition) is 2. The van der Waals surface area contributed by atoms with Crippen molar-refractivity contribution in [3.63, 3.8) is 0 Å². The van der Waals surface area contributed by atoms with Crippen LogP contribution in [-0.2, 0) is 21.2 Å². The van der Waals surface area contributed by atoms with Gasteiger partial charge >= 0.3 is 0 Å². The van der Waals surface area contributed by atoms with Crippen molar-refractivity contribution in [2.45, 2.75) is 63.5 Å². The molecule has 33 heavy (non-hydrogen) atoms. The summed E-state index contributed by atoms with van der Waals surface area (Å²) in [7, 11) is -3.80. The number of aliphatic imine (C=N–C) groups is 1. The molecule has 9 heteroatoms. The molecule has 1 aliphatic heterocycles. The molecule has 7 nitrogen and oxygen atoms in total. The van der Waals surface area contributed by atoms with Crippen molar-refractivity contribution in [1.29, 1.82) is 0 Å². The van der Waals surface area contributed by atoms with Gasteiger partial charge in [-0.1, -0.05) is 30.3 Å². The SMILES string of the molecule is C[C@H](N=C1NS(=O)(=O)[C@H](Cc2ccc(OCC(C)(C)N)cc2)C(C)(C)O1)c1ccccc1F. The monoisotopic (exact) mass is 477 g/mol. The van der Waals surface area contributed by atoms with Gasteiger partial charge in [0.1, 0.15) is 29.0 Å². The Hall–Kier alpha value is -2.65. The Labute approximate surface area is 195 Å². The molecule has 3 rings (SSSR count). The zero-order valence-electron chi connectivity index (χ0n) is 19.6. The van der Waals surface area contributed by atoms with Gasteiger partial charge in [0.15, 0.2) is 0 Å². The second kappa shape index (κ2) is 9.30. The molecule has 0 saturated carbocycles. The molecule has 0 aromatic heterocycles. The summed E-state index contributed by atoms with van der Waals surface area (Å²) in [6.45, 7) is 9.21. The Morgan fingerprint density at radius 3 is 2.42 bits per heavy atom. The minimum atomic E-state index is -3.80. The molecule has 2 aromatic carbocycles. The Morgan fingerprint density at radius 1 is 1.21 bits per heavy atom. The summed E-state index contributed by atoms with van der Waals surface area (Å²) in [4.78, 5) is 4.29. The summed E-state index contributed by atoms with van der Waals surface area (Å²) in [6, 6.07) is 12.7. The van der Waals surface area contributed by atoms with Crippen LogP contribution in [0.3, 0.4) is 0 Å². The summed E-state index contributed by atoms with van der Waals surface area (Å²) in [5, 5.41) is -0.859. The van der Waals surface area contributed by atoms with Crippen LogP contribution < -0.4 is 15.2 Å². The largest absolute Gasteiger partial charge is 0.492 e. The van der Waals surface area contributed by atoms with E-state index in [4.69, 9.17) is 15.2 Å². The molecule has 0 radical (unpaired) electrons. The first-order valence-corrected chi connectivity index (χ1v) is 12.3. The van der Waals surface area contributed by atoms with Gasteiger partial charge in [0, 0.05) is 11.1 Å². The number of nitrogens with zero attached hydrogens (tertiary/aromatic N) is 1. The number of nitrogens with two attached hydrogens (primary N) is 1. The molecular weight excluding hydrogens is 445 g/mol. The molecule has 0 spiro atoms. The minimum Gasteiger partial charge on any atom is -0.492 e. The fraction of sp³-hybridized carbons (Fsp3) is 0.458. The molecule has 3 N–H and O–H groups in total. The van der Waals surface area contributed by atoms with Crippen LogP contribution in [-0.4, -0.2) is 37.4 Å². The van der Waals surface area contributed by atoms with Crippen molar-refractivity contribution < 1.29 is 22.3 Å². The molecule has 1 aliphatic rings. The minimum absolute atomic E-state index is 0.139. The first-order valence-electron chi connectivity index (χ1n) is 10.8. The van der Waals surface area contributed by atoms with Gasteiger partial charge in [-0.05, 0) is 64.8 Å². The number of sulfonamides is 1. The Balaban J connectivity index is 1.75. The summed E-state index contributed by atoms with van der Waals surface area (Å²) in [5.74, 6) is 0.251. The summed E-state index contributed by atoms with van der Waals surface area (Å²) in [5.41, 5.74) is 5.60. The second-order valence-corrected chi connectivity index (χ2v) is 11.5. The maximum absolute atomic E-state index is 14.1. The third-order valence-electron chi connectivity index (χ3n) is 5.36. The van der Waals surface area contributed by atoms with E-state index in [1.807, 2.05) is 26.0 Å². The van der Waals surface area contributed by atoms with E-state index in [0.717, 1.165) is 5.56 Å². The first kappa shape index (κ1) is 25.0. The van der Waals surface area contributed by atoms with Crippen LogP contribution in [0.2, 0.25) is 0 Å². The zero-order valence-corrected chi connectivity index (χ0v) is 20.4. The average Bonchev–Trinajstić information content (AvgIpc) is 2.69. The van der Waals surface area contributed by atoms with Crippen LogP contribution in [0, 0.1) is 5.82 Å². The lowest BCUT2D eigenvalue weighted by molar-refractivity contribution is 0.0762. The predicted octanol–water partition coefficient (Wildman–Crippen LogP) is 3.70. The molecule has 1 fully saturated rings. The summed E-state index contributed by atoms with van der Waals surface area (Å²) >= 11 is 0. The van der Waals surface area contributed by atoms with Gasteiger partial charge in [0.05, 0.1) is 6.04 Å². The highest BCUT2D eigenvalue weighted by Gasteiger charge is 2.47. The molecule has 2 aromatic rings. The standard InChI is InChI=1S/C24H32FN3O4S/c1-16(19-8-6-7-9-20(19)25)27-22-28-33(29,30)21(24(4,5)32-22)14-17-10-12-18(13-11-17)31-15-23(2,3)26/h6-13,16,21H,14-15,26H2,1-5H3,(H,27,28)/t16-,21+/m0/s1. The normalized spacial score (nSPS) is 21.7. The lowest BCUT2D eigenvalue weighted by atomic mass is 9.97. The molecule has 0 unspecified atom stereocenters. The smallest absolute Gasteiger partial charge is 0.299 e. The molecule has 2 atom stereocenters. The van der Waals surface area contributed by atoms with Gasteiger partial charge in [0.2, 0.25) is 10.0 Å². The molecular formula is C24H32FN3O4S. The summed E-state index contributed by atoms with van der Waals surface area (Å²) in [6.07, 6.45) is 0.237. The highest BCUT2D eigenvalue weighted by atomic mass is 32.2. The van der Waals surface area contributed by atoms with Gasteiger partial charge in [-0.25, -0.2) is 22.5 Å². The van der Waals surface area contributed by atoms with Crippen LogP contribution >= 0.6 is 0 Å². The quantitative estimate of drug-likeness (QED) is 0.633. The number of rotatable bonds is 7. The Morgan fingerprint density at radius 2 is 1.85 bits per heavy atom. The van der Waals surface area contributed by atoms with Gasteiger partial charge in [-0.15, -0.1) is 0 Å². The van der Waals surface area contributed by atoms with Crippen LogP contribution in [0.4, 0.5) is 4.39 Å². The fourth-order valence-electron chi connectivity index (χ4n) is 3.57. The lowest BCUT2D eigenvalue weighted by Crippen LogP contribution is -2.59. The van der Waals surface area contributed by atoms with Crippen molar-refractivity contribution >= 4 is 16.0 Å². The van der Waals surface area contributed by atoms with Crippen molar-refractivity contribution in [1.82, 2.24) is 4.72 Å². The van der Waals surface area contributed by atoms with Gasteiger partial charge in [0.25, 0.3) is 6.02 Å². The predicted molar refractivity (Wildman–Crippen MR) is 127 cm³/mol. The molecule has 0 aliphatic carbocycles. The van der Waals surface area contributed by atoms with E-state index < -0.39 is 38.3 Å². The Bertz CT molecular complexity index is 1110. The third kappa shape index (κ3) is 6.45. The highest BCUT2D eigenvalue weighted by Crippen LogP contribution is 2.30. The average molecular weight is 478 g/mol.